The zero-order valence-corrected chi connectivity index (χ0v) is 13.3. The minimum Gasteiger partial charge on any atom is -0.390 e. The molecule has 0 radical (unpaired) electrons. The predicted octanol–water partition coefficient (Wildman–Crippen LogP) is 0.950. The molecule has 3 aromatic rings. The predicted molar refractivity (Wildman–Crippen MR) is 84.3 cm³/mol. The molecule has 12 heteroatoms. The van der Waals surface area contributed by atoms with Gasteiger partial charge in [-0.05, 0) is 17.1 Å². The number of nitro groups is 1. The Morgan fingerprint density at radius 2 is 2.33 bits per heavy atom. The first-order valence-corrected chi connectivity index (χ1v) is 7.91. The zero-order chi connectivity index (χ0) is 16.7. The molecule has 11 nitrogen and oxygen atoms in total. The van der Waals surface area contributed by atoms with Gasteiger partial charge in [0, 0.05) is 18.2 Å². The van der Waals surface area contributed by atoms with Gasteiger partial charge in [-0.3, -0.25) is 0 Å². The monoisotopic (exact) mass is 348 g/mol. The Bertz CT molecular complexity index is 909. The van der Waals surface area contributed by atoms with Crippen LogP contribution in [0, 0.1) is 10.1 Å². The van der Waals surface area contributed by atoms with Gasteiger partial charge in [-0.25, -0.2) is 4.57 Å². The van der Waals surface area contributed by atoms with Crippen LogP contribution in [-0.4, -0.2) is 46.8 Å². The quantitative estimate of drug-likeness (QED) is 0.387. The minimum atomic E-state index is -0.514. The van der Waals surface area contributed by atoms with Gasteiger partial charge < -0.3 is 19.2 Å². The molecule has 1 saturated heterocycles. The van der Waals surface area contributed by atoms with E-state index in [0.29, 0.717) is 29.8 Å². The van der Waals surface area contributed by atoms with E-state index in [1.54, 1.807) is 29.9 Å². The first-order chi connectivity index (χ1) is 11.7. The summed E-state index contributed by atoms with van der Waals surface area (Å²) < 4.78 is 8.57. The first kappa shape index (κ1) is 14.8. The third-order valence-corrected chi connectivity index (χ3v) is 4.49. The highest BCUT2D eigenvalue weighted by Crippen LogP contribution is 2.33. The van der Waals surface area contributed by atoms with Crippen LogP contribution >= 0.6 is 12.0 Å². The van der Waals surface area contributed by atoms with Gasteiger partial charge in [0.05, 0.1) is 19.5 Å². The third-order valence-electron chi connectivity index (χ3n) is 3.80. The molecule has 0 aliphatic carbocycles. The lowest BCUT2D eigenvalue weighted by Gasteiger charge is -2.32. The summed E-state index contributed by atoms with van der Waals surface area (Å²) in [6, 6.07) is 3.30. The molecule has 0 N–H and O–H groups in total. The largest absolute Gasteiger partial charge is 0.434 e. The number of nitrogens with zero attached hydrogens (tertiary/aromatic N) is 8. The van der Waals surface area contributed by atoms with E-state index in [4.69, 9.17) is 4.18 Å². The Hall–Kier alpha value is -2.73. The highest BCUT2D eigenvalue weighted by atomic mass is 32.2. The summed E-state index contributed by atoms with van der Waals surface area (Å²) in [5.74, 6) is 0.823. The highest BCUT2D eigenvalue weighted by Gasteiger charge is 2.35. The molecule has 0 amide bonds. The van der Waals surface area contributed by atoms with Crippen molar-refractivity contribution in [3.63, 3.8) is 0 Å². The number of hydrogen-bond acceptors (Lipinski definition) is 9. The molecule has 24 heavy (non-hydrogen) atoms. The minimum absolute atomic E-state index is 0.215. The van der Waals surface area contributed by atoms with Crippen molar-refractivity contribution in [3.8, 4) is 0 Å². The van der Waals surface area contributed by atoms with Crippen LogP contribution in [0.15, 0.2) is 24.5 Å². The Morgan fingerprint density at radius 3 is 3.12 bits per heavy atom. The van der Waals surface area contributed by atoms with Crippen molar-refractivity contribution in [2.45, 2.75) is 6.04 Å². The van der Waals surface area contributed by atoms with Crippen LogP contribution in [0.2, 0.25) is 0 Å². The second kappa shape index (κ2) is 5.72. The van der Waals surface area contributed by atoms with Gasteiger partial charge in [0.25, 0.3) is 0 Å². The Labute approximate surface area is 139 Å². The molecule has 0 spiro atoms. The van der Waals surface area contributed by atoms with E-state index in [2.05, 4.69) is 20.3 Å². The lowest BCUT2D eigenvalue weighted by molar-refractivity contribution is -0.396. The van der Waals surface area contributed by atoms with Gasteiger partial charge in [-0.1, -0.05) is 4.98 Å². The molecule has 4 rings (SSSR count). The van der Waals surface area contributed by atoms with Crippen molar-refractivity contribution in [2.75, 3.05) is 17.4 Å². The van der Waals surface area contributed by atoms with Crippen molar-refractivity contribution in [2.24, 2.45) is 7.05 Å². The summed E-state index contributed by atoms with van der Waals surface area (Å²) in [4.78, 5) is 16.4. The number of rotatable bonds is 3. The van der Waals surface area contributed by atoms with Crippen molar-refractivity contribution >= 4 is 29.6 Å². The van der Waals surface area contributed by atoms with Gasteiger partial charge in [-0.2, -0.15) is 9.61 Å². The maximum absolute atomic E-state index is 11.0. The molecule has 1 atom stereocenters. The van der Waals surface area contributed by atoms with Gasteiger partial charge in [0.15, 0.2) is 5.65 Å². The number of fused-ring (bicyclic) bond motifs is 1. The fraction of sp³-hybridized carbons (Fsp3) is 0.333. The van der Waals surface area contributed by atoms with Crippen molar-refractivity contribution in [3.05, 3.63) is 40.3 Å². The lowest BCUT2D eigenvalue weighted by Crippen LogP contribution is -2.37. The molecule has 1 aliphatic heterocycles. The summed E-state index contributed by atoms with van der Waals surface area (Å²) in [5, 5.41) is 23.6. The summed E-state index contributed by atoms with van der Waals surface area (Å²) in [7, 11) is 1.61. The van der Waals surface area contributed by atoms with Crippen LogP contribution < -0.4 is 4.90 Å². The van der Waals surface area contributed by atoms with Crippen LogP contribution in [0.5, 0.6) is 0 Å². The van der Waals surface area contributed by atoms with Crippen molar-refractivity contribution in [1.29, 1.82) is 0 Å². The van der Waals surface area contributed by atoms with Crippen LogP contribution in [-0.2, 0) is 11.2 Å². The Morgan fingerprint density at radius 1 is 1.46 bits per heavy atom. The smallest absolute Gasteiger partial charge is 0.390 e. The van der Waals surface area contributed by atoms with Gasteiger partial charge in [0.1, 0.15) is 17.9 Å². The third kappa shape index (κ3) is 2.27. The SMILES string of the molecule is Cn1c(C2COSCN2c2nnc3cccnn23)cnc1[N+](=O)[O-]. The molecule has 124 valence electrons. The number of hydrogen-bond donors (Lipinski definition) is 0. The van der Waals surface area contributed by atoms with Crippen LogP contribution in [0.1, 0.15) is 11.7 Å². The maximum Gasteiger partial charge on any atom is 0.434 e. The topological polar surface area (TPSA) is 117 Å². The van der Waals surface area contributed by atoms with E-state index in [1.807, 2.05) is 4.90 Å². The Kier molecular flexibility index (Phi) is 3.54. The zero-order valence-electron chi connectivity index (χ0n) is 12.5. The van der Waals surface area contributed by atoms with E-state index in [9.17, 15) is 10.1 Å². The molecule has 0 saturated carbocycles. The second-order valence-corrected chi connectivity index (χ2v) is 5.84. The van der Waals surface area contributed by atoms with E-state index < -0.39 is 4.92 Å². The van der Waals surface area contributed by atoms with Crippen molar-refractivity contribution < 1.29 is 9.11 Å². The van der Waals surface area contributed by atoms with Crippen LogP contribution in [0.25, 0.3) is 5.65 Å². The fourth-order valence-corrected chi connectivity index (χ4v) is 3.34. The fourth-order valence-electron chi connectivity index (χ4n) is 2.63. The molecule has 1 unspecified atom stereocenters. The normalized spacial score (nSPS) is 18.2. The molecule has 0 bridgehead atoms. The van der Waals surface area contributed by atoms with E-state index in [-0.39, 0.29) is 12.0 Å². The second-order valence-electron chi connectivity index (χ2n) is 5.11. The van der Waals surface area contributed by atoms with Crippen molar-refractivity contribution in [1.82, 2.24) is 29.4 Å². The van der Waals surface area contributed by atoms with E-state index in [0.717, 1.165) is 0 Å². The molecule has 0 aromatic carbocycles. The standard InChI is InChI=1S/C12H12N8O3S/c1-17-8(5-13-11(17)20(21)22)9-6-23-24-7-18(9)12-16-15-10-3-2-4-14-19(10)12/h2-5,9H,6-7H2,1H3. The molecular weight excluding hydrogens is 336 g/mol. The highest BCUT2D eigenvalue weighted by molar-refractivity contribution is 7.94. The molecule has 3 aromatic heterocycles. The summed E-state index contributed by atoms with van der Waals surface area (Å²) >= 11 is 1.28. The molecule has 1 aliphatic rings. The first-order valence-electron chi connectivity index (χ1n) is 7.00. The van der Waals surface area contributed by atoms with Gasteiger partial charge >= 0.3 is 5.95 Å². The molecule has 4 heterocycles. The molecule has 1 fully saturated rings. The van der Waals surface area contributed by atoms with Crippen LogP contribution in [0.4, 0.5) is 11.9 Å². The number of aromatic nitrogens is 6. The summed E-state index contributed by atoms with van der Waals surface area (Å²) in [5.41, 5.74) is 1.29. The van der Waals surface area contributed by atoms with E-state index in [1.165, 1.54) is 22.8 Å². The summed E-state index contributed by atoms with van der Waals surface area (Å²) in [6.45, 7) is 0.336. The summed E-state index contributed by atoms with van der Waals surface area (Å²) in [6.07, 6.45) is 3.14. The lowest BCUT2D eigenvalue weighted by atomic mass is 10.2. The van der Waals surface area contributed by atoms with E-state index >= 15 is 0 Å². The maximum atomic E-state index is 11.0. The van der Waals surface area contributed by atoms with Crippen LogP contribution in [0.3, 0.4) is 0 Å². The van der Waals surface area contributed by atoms with Gasteiger partial charge in [-0.15, -0.1) is 10.2 Å². The average molecular weight is 348 g/mol. The number of imidazole rings is 1. The number of anilines is 1. The van der Waals surface area contributed by atoms with Gasteiger partial charge in [0.2, 0.25) is 5.95 Å². The average Bonchev–Trinajstić information content (AvgIpc) is 3.18. The Balaban J connectivity index is 1.78. The molecular formula is C12H12N8O3S.